The summed E-state index contributed by atoms with van der Waals surface area (Å²) in [7, 11) is 1.85. The molecule has 0 saturated carbocycles. The molecule has 1 aromatic heterocycles. The van der Waals surface area contributed by atoms with Gasteiger partial charge in [-0.15, -0.1) is 10.2 Å². The van der Waals surface area contributed by atoms with Crippen LogP contribution in [-0.2, 0) is 16.6 Å². The number of morpholine rings is 1. The Hall–Kier alpha value is -2.28. The van der Waals surface area contributed by atoms with Gasteiger partial charge >= 0.3 is 0 Å². The quantitative estimate of drug-likeness (QED) is 0.860. The van der Waals surface area contributed by atoms with Crippen LogP contribution in [0.4, 0.5) is 4.39 Å². The number of carbonyl (C=O) groups excluding carboxylic acids is 1. The molecule has 128 valence electrons. The van der Waals surface area contributed by atoms with Gasteiger partial charge < -0.3 is 14.2 Å². The molecule has 3 rings (SSSR count). The zero-order valence-corrected chi connectivity index (χ0v) is 13.9. The van der Waals surface area contributed by atoms with Crippen molar-refractivity contribution < 1.29 is 13.9 Å². The van der Waals surface area contributed by atoms with E-state index in [2.05, 4.69) is 10.2 Å². The van der Waals surface area contributed by atoms with Crippen LogP contribution in [0, 0.1) is 5.82 Å². The minimum atomic E-state index is -0.279. The first kappa shape index (κ1) is 16.6. The molecule has 2 heterocycles. The van der Waals surface area contributed by atoms with Crippen molar-refractivity contribution in [3.63, 3.8) is 0 Å². The van der Waals surface area contributed by atoms with Gasteiger partial charge in [-0.3, -0.25) is 4.79 Å². The van der Waals surface area contributed by atoms with Gasteiger partial charge in [0, 0.05) is 20.0 Å². The van der Waals surface area contributed by atoms with Crippen molar-refractivity contribution in [3.05, 3.63) is 47.8 Å². The molecular weight excluding hydrogens is 311 g/mol. The molecule has 2 atom stereocenters. The van der Waals surface area contributed by atoms with Crippen LogP contribution in [0.25, 0.3) is 0 Å². The van der Waals surface area contributed by atoms with Crippen LogP contribution in [0.2, 0.25) is 0 Å². The molecule has 0 aliphatic carbocycles. The molecule has 1 saturated heterocycles. The molecule has 1 aliphatic rings. The second-order valence-electron chi connectivity index (χ2n) is 6.13. The summed E-state index contributed by atoms with van der Waals surface area (Å²) in [5, 5.41) is 7.91. The number of rotatable bonds is 4. The van der Waals surface area contributed by atoms with E-state index in [-0.39, 0.29) is 30.2 Å². The predicted molar refractivity (Wildman–Crippen MR) is 85.7 cm³/mol. The van der Waals surface area contributed by atoms with Crippen molar-refractivity contribution in [2.45, 2.75) is 25.4 Å². The lowest BCUT2D eigenvalue weighted by molar-refractivity contribution is -0.139. The number of nitrogens with zero attached hydrogens (tertiary/aromatic N) is 4. The molecule has 0 spiro atoms. The van der Waals surface area contributed by atoms with Crippen molar-refractivity contribution in [3.8, 4) is 0 Å². The lowest BCUT2D eigenvalue weighted by Gasteiger charge is -2.33. The zero-order chi connectivity index (χ0) is 17.1. The van der Waals surface area contributed by atoms with E-state index in [4.69, 9.17) is 4.74 Å². The van der Waals surface area contributed by atoms with E-state index >= 15 is 0 Å². The Labute approximate surface area is 140 Å². The van der Waals surface area contributed by atoms with Gasteiger partial charge in [-0.1, -0.05) is 25.1 Å². The maximum absolute atomic E-state index is 13.9. The van der Waals surface area contributed by atoms with E-state index in [1.807, 2.05) is 14.0 Å². The Morgan fingerprint density at radius 2 is 2.25 bits per heavy atom. The Balaban J connectivity index is 1.64. The van der Waals surface area contributed by atoms with Crippen molar-refractivity contribution in [2.75, 3.05) is 19.7 Å². The average Bonchev–Trinajstić information content (AvgIpc) is 3.01. The highest BCUT2D eigenvalue weighted by Gasteiger charge is 2.29. The predicted octanol–water partition coefficient (Wildman–Crippen LogP) is 2.05. The summed E-state index contributed by atoms with van der Waals surface area (Å²) < 4.78 is 21.4. The molecule has 1 aliphatic heterocycles. The van der Waals surface area contributed by atoms with Crippen molar-refractivity contribution >= 4 is 5.91 Å². The fourth-order valence-electron chi connectivity index (χ4n) is 2.99. The smallest absolute Gasteiger partial charge is 0.223 e. The first-order chi connectivity index (χ1) is 11.6. The fraction of sp³-hybridized carbons (Fsp3) is 0.471. The summed E-state index contributed by atoms with van der Waals surface area (Å²) in [6, 6.07) is 6.60. The molecule has 24 heavy (non-hydrogen) atoms. The number of amides is 1. The summed E-state index contributed by atoms with van der Waals surface area (Å²) in [6.07, 6.45) is 1.60. The number of hydrogen-bond acceptors (Lipinski definition) is 4. The van der Waals surface area contributed by atoms with E-state index in [1.54, 1.807) is 34.0 Å². The van der Waals surface area contributed by atoms with Gasteiger partial charge in [0.2, 0.25) is 5.91 Å². The largest absolute Gasteiger partial charge is 0.366 e. The molecule has 0 radical (unpaired) electrons. The number of ether oxygens (including phenoxy) is 1. The van der Waals surface area contributed by atoms with Crippen molar-refractivity contribution in [1.29, 1.82) is 0 Å². The fourth-order valence-corrected chi connectivity index (χ4v) is 2.99. The van der Waals surface area contributed by atoms with Crippen LogP contribution >= 0.6 is 0 Å². The van der Waals surface area contributed by atoms with Crippen molar-refractivity contribution in [1.82, 2.24) is 19.7 Å². The van der Waals surface area contributed by atoms with Gasteiger partial charge in [0.25, 0.3) is 0 Å². The molecule has 7 heteroatoms. The molecule has 1 amide bonds. The SMILES string of the molecule is C[C@@H](CC(=O)N1CCO[C@H](c2nncn2C)C1)c1ccccc1F. The second kappa shape index (κ2) is 7.09. The van der Waals surface area contributed by atoms with Crippen LogP contribution in [0.15, 0.2) is 30.6 Å². The van der Waals surface area contributed by atoms with Gasteiger partial charge in [0.05, 0.1) is 13.2 Å². The molecule has 0 N–H and O–H groups in total. The Kier molecular flexibility index (Phi) is 4.89. The van der Waals surface area contributed by atoms with Gasteiger partial charge in [-0.25, -0.2) is 4.39 Å². The Morgan fingerprint density at radius 3 is 2.96 bits per heavy atom. The molecule has 2 aromatic rings. The molecule has 0 unspecified atom stereocenters. The monoisotopic (exact) mass is 332 g/mol. The molecule has 6 nitrogen and oxygen atoms in total. The third-order valence-electron chi connectivity index (χ3n) is 4.37. The molecule has 1 aromatic carbocycles. The Morgan fingerprint density at radius 1 is 1.46 bits per heavy atom. The van der Waals surface area contributed by atoms with Gasteiger partial charge in [-0.2, -0.15) is 0 Å². The standard InChI is InChI=1S/C17H21FN4O2/c1-12(13-5-3-4-6-14(13)18)9-16(23)22-7-8-24-15(10-22)17-20-19-11-21(17)2/h3-6,11-12,15H,7-10H2,1-2H3/t12-,15-/m0/s1. The number of aromatic nitrogens is 3. The summed E-state index contributed by atoms with van der Waals surface area (Å²) in [5.74, 6) is 0.266. The lowest BCUT2D eigenvalue weighted by atomic mass is 9.96. The lowest BCUT2D eigenvalue weighted by Crippen LogP contribution is -2.43. The third kappa shape index (κ3) is 3.46. The highest BCUT2D eigenvalue weighted by molar-refractivity contribution is 5.77. The molecule has 0 bridgehead atoms. The van der Waals surface area contributed by atoms with Crippen LogP contribution in [-0.4, -0.2) is 45.3 Å². The van der Waals surface area contributed by atoms with Crippen molar-refractivity contribution in [2.24, 2.45) is 7.05 Å². The minimum Gasteiger partial charge on any atom is -0.366 e. The number of benzene rings is 1. The molecular formula is C17H21FN4O2. The van der Waals surface area contributed by atoms with Crippen LogP contribution in [0.3, 0.4) is 0 Å². The van der Waals surface area contributed by atoms with E-state index in [9.17, 15) is 9.18 Å². The van der Waals surface area contributed by atoms with E-state index < -0.39 is 0 Å². The topological polar surface area (TPSA) is 60.3 Å². The summed E-state index contributed by atoms with van der Waals surface area (Å²) >= 11 is 0. The minimum absolute atomic E-state index is 0.00113. The van der Waals surface area contributed by atoms with E-state index in [0.29, 0.717) is 31.1 Å². The van der Waals surface area contributed by atoms with Crippen LogP contribution < -0.4 is 0 Å². The summed E-state index contributed by atoms with van der Waals surface area (Å²) in [4.78, 5) is 14.4. The normalized spacial score (nSPS) is 19.3. The number of halogens is 1. The summed E-state index contributed by atoms with van der Waals surface area (Å²) in [6.45, 7) is 3.31. The average molecular weight is 332 g/mol. The van der Waals surface area contributed by atoms with Gasteiger partial charge in [0.1, 0.15) is 18.2 Å². The molecule has 1 fully saturated rings. The van der Waals surface area contributed by atoms with E-state index in [1.165, 1.54) is 6.07 Å². The number of carbonyl (C=O) groups is 1. The van der Waals surface area contributed by atoms with Gasteiger partial charge in [-0.05, 0) is 17.5 Å². The first-order valence-corrected chi connectivity index (χ1v) is 8.04. The summed E-state index contributed by atoms with van der Waals surface area (Å²) in [5.41, 5.74) is 0.573. The highest BCUT2D eigenvalue weighted by atomic mass is 19.1. The highest BCUT2D eigenvalue weighted by Crippen LogP contribution is 2.25. The second-order valence-corrected chi connectivity index (χ2v) is 6.13. The Bertz CT molecular complexity index is 718. The van der Waals surface area contributed by atoms with E-state index in [0.717, 1.165) is 0 Å². The van der Waals surface area contributed by atoms with Crippen LogP contribution in [0.1, 0.15) is 36.8 Å². The van der Waals surface area contributed by atoms with Gasteiger partial charge in [0.15, 0.2) is 5.82 Å². The first-order valence-electron chi connectivity index (χ1n) is 8.04. The number of aryl methyl sites for hydroxylation is 1. The maximum Gasteiger partial charge on any atom is 0.223 e. The zero-order valence-electron chi connectivity index (χ0n) is 13.9. The third-order valence-corrected chi connectivity index (χ3v) is 4.37. The number of hydrogen-bond donors (Lipinski definition) is 0. The van der Waals surface area contributed by atoms with Crippen LogP contribution in [0.5, 0.6) is 0 Å². The maximum atomic E-state index is 13.9.